The maximum atomic E-state index is 13.2. The molecule has 0 aliphatic heterocycles. The highest BCUT2D eigenvalue weighted by atomic mass is 19.1. The van der Waals surface area contributed by atoms with Crippen LogP contribution in [-0.4, -0.2) is 6.04 Å². The van der Waals surface area contributed by atoms with Gasteiger partial charge < -0.3 is 11.1 Å². The summed E-state index contributed by atoms with van der Waals surface area (Å²) in [6, 6.07) is 3.69. The number of aryl methyl sites for hydroxylation is 1. The summed E-state index contributed by atoms with van der Waals surface area (Å²) < 4.78 is 13.2. The summed E-state index contributed by atoms with van der Waals surface area (Å²) in [7, 11) is 0. The minimum atomic E-state index is -0.233. The van der Waals surface area contributed by atoms with Crippen LogP contribution >= 0.6 is 0 Å². The highest BCUT2D eigenvalue weighted by Crippen LogP contribution is 2.30. The Bertz CT molecular complexity index is 390. The van der Waals surface area contributed by atoms with Crippen molar-refractivity contribution < 1.29 is 4.39 Å². The van der Waals surface area contributed by atoms with E-state index in [4.69, 9.17) is 5.73 Å². The van der Waals surface area contributed by atoms with Gasteiger partial charge in [-0.05, 0) is 49.8 Å². The molecule has 2 unspecified atom stereocenters. The van der Waals surface area contributed by atoms with Gasteiger partial charge in [0, 0.05) is 6.04 Å². The van der Waals surface area contributed by atoms with E-state index >= 15 is 0 Å². The van der Waals surface area contributed by atoms with E-state index < -0.39 is 0 Å². The van der Waals surface area contributed by atoms with E-state index in [9.17, 15) is 4.39 Å². The number of hydrogen-bond acceptors (Lipinski definition) is 2. The number of benzene rings is 1. The summed E-state index contributed by atoms with van der Waals surface area (Å²) >= 11 is 0. The molecular weight excluding hydrogens is 203 g/mol. The van der Waals surface area contributed by atoms with E-state index in [1.807, 2.05) is 0 Å². The van der Waals surface area contributed by atoms with Crippen molar-refractivity contribution in [1.29, 1.82) is 0 Å². The lowest BCUT2D eigenvalue weighted by Crippen LogP contribution is -2.16. The molecule has 0 bridgehead atoms. The molecule has 2 atom stereocenters. The van der Waals surface area contributed by atoms with Gasteiger partial charge in [-0.15, -0.1) is 0 Å². The summed E-state index contributed by atoms with van der Waals surface area (Å²) in [4.78, 5) is 0. The van der Waals surface area contributed by atoms with Crippen molar-refractivity contribution in [3.8, 4) is 0 Å². The predicted molar refractivity (Wildman–Crippen MR) is 66.0 cm³/mol. The van der Waals surface area contributed by atoms with Crippen LogP contribution in [0.25, 0.3) is 0 Å². The molecule has 16 heavy (non-hydrogen) atoms. The fourth-order valence-electron chi connectivity index (χ4n) is 2.38. The van der Waals surface area contributed by atoms with Crippen LogP contribution in [0.4, 0.5) is 15.8 Å². The Balaban J connectivity index is 2.12. The Morgan fingerprint density at radius 1 is 1.38 bits per heavy atom. The Morgan fingerprint density at radius 3 is 2.75 bits per heavy atom. The Morgan fingerprint density at radius 2 is 2.12 bits per heavy atom. The molecule has 1 aliphatic carbocycles. The Kier molecular flexibility index (Phi) is 3.03. The topological polar surface area (TPSA) is 38.0 Å². The molecule has 0 amide bonds. The molecule has 0 spiro atoms. The van der Waals surface area contributed by atoms with E-state index in [2.05, 4.69) is 12.2 Å². The molecule has 3 N–H and O–H groups in total. The lowest BCUT2D eigenvalue weighted by molar-refractivity contribution is 0.602. The van der Waals surface area contributed by atoms with Crippen molar-refractivity contribution in [1.82, 2.24) is 0 Å². The molecule has 1 fully saturated rings. The van der Waals surface area contributed by atoms with Crippen LogP contribution in [-0.2, 0) is 0 Å². The van der Waals surface area contributed by atoms with Gasteiger partial charge in [0.15, 0.2) is 0 Å². The van der Waals surface area contributed by atoms with Gasteiger partial charge in [-0.2, -0.15) is 0 Å². The van der Waals surface area contributed by atoms with E-state index in [1.165, 1.54) is 25.3 Å². The zero-order valence-corrected chi connectivity index (χ0v) is 9.89. The maximum Gasteiger partial charge on any atom is 0.128 e. The molecule has 1 aromatic carbocycles. The molecule has 0 saturated heterocycles. The predicted octanol–water partition coefficient (Wildman–Crippen LogP) is 3.32. The van der Waals surface area contributed by atoms with Crippen molar-refractivity contribution >= 4 is 11.4 Å². The van der Waals surface area contributed by atoms with Crippen LogP contribution in [0.2, 0.25) is 0 Å². The minimum Gasteiger partial charge on any atom is -0.397 e. The van der Waals surface area contributed by atoms with E-state index in [0.29, 0.717) is 17.3 Å². The number of nitrogens with one attached hydrogen (secondary N) is 1. The average molecular weight is 222 g/mol. The summed E-state index contributed by atoms with van der Waals surface area (Å²) in [6.07, 6.45) is 3.62. The number of nitrogen functional groups attached to an aromatic ring is 1. The SMILES string of the molecule is Cc1cc(NC2CCC(C)C2)c(N)cc1F. The van der Waals surface area contributed by atoms with Gasteiger partial charge in [-0.25, -0.2) is 4.39 Å². The molecule has 2 rings (SSSR count). The van der Waals surface area contributed by atoms with Crippen molar-refractivity contribution in [3.63, 3.8) is 0 Å². The van der Waals surface area contributed by atoms with Gasteiger partial charge in [0.05, 0.1) is 11.4 Å². The van der Waals surface area contributed by atoms with E-state index in [1.54, 1.807) is 13.0 Å². The molecule has 1 aromatic rings. The summed E-state index contributed by atoms with van der Waals surface area (Å²) in [5.74, 6) is 0.545. The van der Waals surface area contributed by atoms with Gasteiger partial charge in [-0.1, -0.05) is 6.92 Å². The van der Waals surface area contributed by atoms with Gasteiger partial charge in [0.1, 0.15) is 5.82 Å². The normalized spacial score (nSPS) is 24.7. The number of halogens is 1. The average Bonchev–Trinajstić information content (AvgIpc) is 2.60. The molecule has 1 saturated carbocycles. The maximum absolute atomic E-state index is 13.2. The van der Waals surface area contributed by atoms with Crippen LogP contribution in [0.3, 0.4) is 0 Å². The van der Waals surface area contributed by atoms with Gasteiger partial charge in [-0.3, -0.25) is 0 Å². The molecule has 3 heteroatoms. The first-order chi connectivity index (χ1) is 7.56. The molecule has 2 nitrogen and oxygen atoms in total. The highest BCUT2D eigenvalue weighted by Gasteiger charge is 2.21. The number of hydrogen-bond donors (Lipinski definition) is 2. The molecular formula is C13H19FN2. The molecule has 88 valence electrons. The summed E-state index contributed by atoms with van der Waals surface area (Å²) in [5, 5.41) is 3.42. The van der Waals surface area contributed by atoms with Crippen LogP contribution < -0.4 is 11.1 Å². The fraction of sp³-hybridized carbons (Fsp3) is 0.538. The van der Waals surface area contributed by atoms with Crippen molar-refractivity contribution in [2.24, 2.45) is 5.92 Å². The highest BCUT2D eigenvalue weighted by molar-refractivity contribution is 5.67. The lowest BCUT2D eigenvalue weighted by atomic mass is 10.1. The van der Waals surface area contributed by atoms with Crippen LogP contribution in [0.1, 0.15) is 31.7 Å². The van der Waals surface area contributed by atoms with Gasteiger partial charge >= 0.3 is 0 Å². The van der Waals surface area contributed by atoms with Crippen molar-refractivity contribution in [2.45, 2.75) is 39.2 Å². The fourth-order valence-corrected chi connectivity index (χ4v) is 2.38. The van der Waals surface area contributed by atoms with E-state index in [0.717, 1.165) is 11.6 Å². The number of nitrogens with two attached hydrogens (primary N) is 1. The molecule has 0 aromatic heterocycles. The largest absolute Gasteiger partial charge is 0.397 e. The smallest absolute Gasteiger partial charge is 0.128 e. The first kappa shape index (κ1) is 11.2. The van der Waals surface area contributed by atoms with Crippen molar-refractivity contribution in [2.75, 3.05) is 11.1 Å². The third kappa shape index (κ3) is 2.29. The molecule has 0 radical (unpaired) electrons. The van der Waals surface area contributed by atoms with Crippen LogP contribution in [0.5, 0.6) is 0 Å². The monoisotopic (exact) mass is 222 g/mol. The van der Waals surface area contributed by atoms with Gasteiger partial charge in [0.25, 0.3) is 0 Å². The zero-order chi connectivity index (χ0) is 11.7. The number of rotatable bonds is 2. The van der Waals surface area contributed by atoms with E-state index in [-0.39, 0.29) is 5.82 Å². The second-order valence-electron chi connectivity index (χ2n) is 4.95. The third-order valence-corrected chi connectivity index (χ3v) is 3.39. The van der Waals surface area contributed by atoms with Crippen LogP contribution in [0.15, 0.2) is 12.1 Å². The Hall–Kier alpha value is -1.25. The molecule has 1 aliphatic rings. The third-order valence-electron chi connectivity index (χ3n) is 3.39. The van der Waals surface area contributed by atoms with Crippen LogP contribution in [0, 0.1) is 18.7 Å². The van der Waals surface area contributed by atoms with Gasteiger partial charge in [0.2, 0.25) is 0 Å². The van der Waals surface area contributed by atoms with Crippen molar-refractivity contribution in [3.05, 3.63) is 23.5 Å². The zero-order valence-electron chi connectivity index (χ0n) is 9.89. The quantitative estimate of drug-likeness (QED) is 0.753. The lowest BCUT2D eigenvalue weighted by Gasteiger charge is -2.16. The minimum absolute atomic E-state index is 0.233. The summed E-state index contributed by atoms with van der Waals surface area (Å²) in [6.45, 7) is 4.03. The molecule has 0 heterocycles. The number of anilines is 2. The second kappa shape index (κ2) is 4.32. The first-order valence-electron chi connectivity index (χ1n) is 5.88. The standard InChI is InChI=1S/C13H19FN2/c1-8-3-4-10(5-8)16-13-6-9(2)11(14)7-12(13)15/h6-8,10,16H,3-5,15H2,1-2H3. The Labute approximate surface area is 96.0 Å². The summed E-state index contributed by atoms with van der Waals surface area (Å²) in [5.41, 5.74) is 7.82. The first-order valence-corrected chi connectivity index (χ1v) is 5.88. The second-order valence-corrected chi connectivity index (χ2v) is 4.95.